The summed E-state index contributed by atoms with van der Waals surface area (Å²) >= 11 is 0. The molecule has 0 radical (unpaired) electrons. The number of benzene rings is 1. The Kier molecular flexibility index (Phi) is 5.28. The van der Waals surface area contributed by atoms with Crippen molar-refractivity contribution in [1.29, 1.82) is 0 Å². The molecule has 0 amide bonds. The first kappa shape index (κ1) is 16.3. The van der Waals surface area contributed by atoms with Crippen molar-refractivity contribution in [3.63, 3.8) is 0 Å². The van der Waals surface area contributed by atoms with E-state index in [0.717, 1.165) is 38.5 Å². The first-order chi connectivity index (χ1) is 9.93. The van der Waals surface area contributed by atoms with Gasteiger partial charge in [-0.3, -0.25) is 4.90 Å². The minimum absolute atomic E-state index is 0.301. The van der Waals surface area contributed by atoms with E-state index >= 15 is 0 Å². The fraction of sp³-hybridized carbons (Fsp3) is 0.667. The molecular formula is C18H30N2O. The number of nitrogens with zero attached hydrogens (tertiary/aromatic N) is 1. The summed E-state index contributed by atoms with van der Waals surface area (Å²) in [5, 5.41) is 0. The van der Waals surface area contributed by atoms with Crippen LogP contribution >= 0.6 is 0 Å². The van der Waals surface area contributed by atoms with Crippen molar-refractivity contribution in [2.24, 2.45) is 11.1 Å². The van der Waals surface area contributed by atoms with Gasteiger partial charge in [0.1, 0.15) is 12.4 Å². The molecule has 1 atom stereocenters. The Hall–Kier alpha value is -1.06. The van der Waals surface area contributed by atoms with Crippen LogP contribution in [0.5, 0.6) is 5.75 Å². The van der Waals surface area contributed by atoms with E-state index in [1.165, 1.54) is 17.5 Å². The average molecular weight is 290 g/mol. The van der Waals surface area contributed by atoms with Gasteiger partial charge < -0.3 is 10.5 Å². The monoisotopic (exact) mass is 290 g/mol. The van der Waals surface area contributed by atoms with Crippen LogP contribution in [-0.4, -0.2) is 37.7 Å². The molecule has 0 saturated carbocycles. The second-order valence-electron chi connectivity index (χ2n) is 7.06. The number of likely N-dealkylation sites (tertiary alicyclic amines) is 1. The van der Waals surface area contributed by atoms with Crippen molar-refractivity contribution < 1.29 is 4.74 Å². The molecule has 1 aromatic carbocycles. The number of ether oxygens (including phenoxy) is 1. The van der Waals surface area contributed by atoms with E-state index in [0.29, 0.717) is 11.3 Å². The summed E-state index contributed by atoms with van der Waals surface area (Å²) in [6.45, 7) is 13.6. The smallest absolute Gasteiger partial charge is 0.119 e. The summed E-state index contributed by atoms with van der Waals surface area (Å²) in [6.07, 6.45) is 1.20. The Morgan fingerprint density at radius 2 is 2.14 bits per heavy atom. The van der Waals surface area contributed by atoms with Gasteiger partial charge in [-0.2, -0.15) is 0 Å². The molecule has 118 valence electrons. The molecule has 1 aliphatic heterocycles. The third-order valence-electron chi connectivity index (χ3n) is 4.67. The van der Waals surface area contributed by atoms with Crippen LogP contribution in [0, 0.1) is 12.3 Å². The van der Waals surface area contributed by atoms with E-state index in [2.05, 4.69) is 50.8 Å². The molecule has 2 rings (SSSR count). The summed E-state index contributed by atoms with van der Waals surface area (Å²) in [6, 6.07) is 6.44. The van der Waals surface area contributed by atoms with Gasteiger partial charge in [0.15, 0.2) is 0 Å². The fourth-order valence-corrected chi connectivity index (χ4v) is 3.16. The van der Waals surface area contributed by atoms with Gasteiger partial charge in [0, 0.05) is 13.1 Å². The summed E-state index contributed by atoms with van der Waals surface area (Å²) < 4.78 is 5.91. The number of aryl methyl sites for hydroxylation is 1. The van der Waals surface area contributed by atoms with E-state index in [9.17, 15) is 0 Å². The molecular weight excluding hydrogens is 260 g/mol. The Morgan fingerprint density at radius 1 is 1.38 bits per heavy atom. The number of hydrogen-bond acceptors (Lipinski definition) is 3. The topological polar surface area (TPSA) is 38.5 Å². The molecule has 1 unspecified atom stereocenters. The Morgan fingerprint density at radius 3 is 2.71 bits per heavy atom. The van der Waals surface area contributed by atoms with Crippen LogP contribution in [0.15, 0.2) is 18.2 Å². The standard InChI is InChI=1S/C18H30N2O/c1-14(2)17-6-5-16(11-15(17)3)21-10-9-20-8-7-18(4,12-19)13-20/h5-6,11,14H,7-10,12-13,19H2,1-4H3. The zero-order valence-electron chi connectivity index (χ0n) is 14.0. The molecule has 1 aromatic rings. The highest BCUT2D eigenvalue weighted by Crippen LogP contribution is 2.28. The van der Waals surface area contributed by atoms with E-state index < -0.39 is 0 Å². The van der Waals surface area contributed by atoms with Crippen LogP contribution in [0.25, 0.3) is 0 Å². The van der Waals surface area contributed by atoms with Gasteiger partial charge in [0.05, 0.1) is 0 Å². The lowest BCUT2D eigenvalue weighted by atomic mass is 9.90. The zero-order valence-corrected chi connectivity index (χ0v) is 14.0. The van der Waals surface area contributed by atoms with Crippen LogP contribution < -0.4 is 10.5 Å². The zero-order chi connectivity index (χ0) is 15.5. The van der Waals surface area contributed by atoms with Crippen molar-refractivity contribution in [2.45, 2.75) is 40.0 Å². The Balaban J connectivity index is 1.81. The second kappa shape index (κ2) is 6.80. The highest BCUT2D eigenvalue weighted by Gasteiger charge is 2.31. The molecule has 0 spiro atoms. The van der Waals surface area contributed by atoms with Gasteiger partial charge in [-0.1, -0.05) is 26.8 Å². The highest BCUT2D eigenvalue weighted by atomic mass is 16.5. The van der Waals surface area contributed by atoms with Gasteiger partial charge in [-0.25, -0.2) is 0 Å². The van der Waals surface area contributed by atoms with Gasteiger partial charge >= 0.3 is 0 Å². The third kappa shape index (κ3) is 4.21. The molecule has 0 aromatic heterocycles. The summed E-state index contributed by atoms with van der Waals surface area (Å²) in [4.78, 5) is 2.46. The molecule has 1 fully saturated rings. The van der Waals surface area contributed by atoms with E-state index in [1.54, 1.807) is 0 Å². The van der Waals surface area contributed by atoms with Gasteiger partial charge in [-0.05, 0) is 61.0 Å². The van der Waals surface area contributed by atoms with Gasteiger partial charge in [0.25, 0.3) is 0 Å². The first-order valence-corrected chi connectivity index (χ1v) is 8.09. The molecule has 1 saturated heterocycles. The summed E-state index contributed by atoms with van der Waals surface area (Å²) in [5.74, 6) is 1.55. The second-order valence-corrected chi connectivity index (χ2v) is 7.06. The maximum atomic E-state index is 5.91. The maximum absolute atomic E-state index is 5.91. The molecule has 3 nitrogen and oxygen atoms in total. The SMILES string of the molecule is Cc1cc(OCCN2CCC(C)(CN)C2)ccc1C(C)C. The van der Waals surface area contributed by atoms with Crippen molar-refractivity contribution in [3.8, 4) is 5.75 Å². The van der Waals surface area contributed by atoms with Crippen molar-refractivity contribution in [2.75, 3.05) is 32.8 Å². The molecule has 3 heteroatoms. The lowest BCUT2D eigenvalue weighted by molar-refractivity contribution is 0.219. The quantitative estimate of drug-likeness (QED) is 0.874. The average Bonchev–Trinajstić information content (AvgIpc) is 2.81. The molecule has 0 aliphatic carbocycles. The van der Waals surface area contributed by atoms with Crippen LogP contribution in [-0.2, 0) is 0 Å². The third-order valence-corrected chi connectivity index (χ3v) is 4.67. The number of hydrogen-bond donors (Lipinski definition) is 1. The van der Waals surface area contributed by atoms with Gasteiger partial charge in [0.2, 0.25) is 0 Å². The van der Waals surface area contributed by atoms with E-state index in [1.807, 2.05) is 0 Å². The Bertz CT molecular complexity index is 472. The van der Waals surface area contributed by atoms with Crippen LogP contribution in [0.2, 0.25) is 0 Å². The van der Waals surface area contributed by atoms with Crippen LogP contribution in [0.1, 0.15) is 44.2 Å². The van der Waals surface area contributed by atoms with E-state index in [-0.39, 0.29) is 0 Å². The van der Waals surface area contributed by atoms with E-state index in [4.69, 9.17) is 10.5 Å². The molecule has 2 N–H and O–H groups in total. The minimum atomic E-state index is 0.301. The lowest BCUT2D eigenvalue weighted by Crippen LogP contribution is -2.33. The van der Waals surface area contributed by atoms with Crippen molar-refractivity contribution >= 4 is 0 Å². The molecule has 1 heterocycles. The summed E-state index contributed by atoms with van der Waals surface area (Å²) in [5.41, 5.74) is 8.87. The summed E-state index contributed by atoms with van der Waals surface area (Å²) in [7, 11) is 0. The largest absolute Gasteiger partial charge is 0.492 e. The Labute approximate surface area is 129 Å². The van der Waals surface area contributed by atoms with Crippen molar-refractivity contribution in [1.82, 2.24) is 4.90 Å². The molecule has 0 bridgehead atoms. The highest BCUT2D eigenvalue weighted by molar-refractivity contribution is 5.36. The molecule has 1 aliphatic rings. The molecule has 21 heavy (non-hydrogen) atoms. The first-order valence-electron chi connectivity index (χ1n) is 8.09. The van der Waals surface area contributed by atoms with Crippen LogP contribution in [0.4, 0.5) is 0 Å². The number of nitrogens with two attached hydrogens (primary N) is 1. The maximum Gasteiger partial charge on any atom is 0.119 e. The van der Waals surface area contributed by atoms with Gasteiger partial charge in [-0.15, -0.1) is 0 Å². The minimum Gasteiger partial charge on any atom is -0.492 e. The van der Waals surface area contributed by atoms with Crippen LogP contribution in [0.3, 0.4) is 0 Å². The predicted octanol–water partition coefficient (Wildman–Crippen LogP) is 3.17. The number of rotatable bonds is 6. The van der Waals surface area contributed by atoms with Crippen molar-refractivity contribution in [3.05, 3.63) is 29.3 Å². The fourth-order valence-electron chi connectivity index (χ4n) is 3.16. The normalized spacial score (nSPS) is 23.0. The lowest BCUT2D eigenvalue weighted by Gasteiger charge is -2.22. The predicted molar refractivity (Wildman–Crippen MR) is 89.0 cm³/mol.